The Bertz CT molecular complexity index is 874. The van der Waals surface area contributed by atoms with Crippen molar-refractivity contribution in [2.24, 2.45) is 10.4 Å². The zero-order valence-corrected chi connectivity index (χ0v) is 17.8. The van der Waals surface area contributed by atoms with E-state index in [1.165, 1.54) is 6.26 Å². The van der Waals surface area contributed by atoms with Gasteiger partial charge in [-0.3, -0.25) is 0 Å². The molecular weight excluding hydrogens is 376 g/mol. The first-order valence-electron chi connectivity index (χ1n) is 9.38. The van der Waals surface area contributed by atoms with Crippen LogP contribution >= 0.6 is 0 Å². The summed E-state index contributed by atoms with van der Waals surface area (Å²) in [5.41, 5.74) is 1.50. The van der Waals surface area contributed by atoms with Gasteiger partial charge in [-0.1, -0.05) is 32.0 Å². The van der Waals surface area contributed by atoms with Crippen LogP contribution in [0.4, 0.5) is 0 Å². The van der Waals surface area contributed by atoms with Crippen molar-refractivity contribution in [3.8, 4) is 11.5 Å². The van der Waals surface area contributed by atoms with Crippen LogP contribution in [0.25, 0.3) is 11.5 Å². The third kappa shape index (κ3) is 7.72. The summed E-state index contributed by atoms with van der Waals surface area (Å²) in [7, 11) is -2.97. The van der Waals surface area contributed by atoms with Gasteiger partial charge in [0.25, 0.3) is 0 Å². The zero-order valence-electron chi connectivity index (χ0n) is 17.0. The maximum Gasteiger partial charge on any atom is 0.226 e. The summed E-state index contributed by atoms with van der Waals surface area (Å²) < 4.78 is 28.4. The van der Waals surface area contributed by atoms with E-state index in [1.54, 1.807) is 6.26 Å². The Morgan fingerprint density at radius 2 is 1.93 bits per heavy atom. The van der Waals surface area contributed by atoms with Gasteiger partial charge in [-0.05, 0) is 30.9 Å². The molecule has 0 aliphatic carbocycles. The molecule has 28 heavy (non-hydrogen) atoms. The van der Waals surface area contributed by atoms with Gasteiger partial charge in [-0.2, -0.15) is 0 Å². The van der Waals surface area contributed by atoms with Gasteiger partial charge in [0.05, 0.1) is 12.3 Å². The molecule has 0 spiro atoms. The van der Waals surface area contributed by atoms with E-state index in [0.29, 0.717) is 31.4 Å². The number of sulfone groups is 1. The van der Waals surface area contributed by atoms with Crippen molar-refractivity contribution in [3.05, 3.63) is 42.3 Å². The Hall–Kier alpha value is -2.35. The zero-order chi connectivity index (χ0) is 20.6. The molecule has 8 heteroatoms. The van der Waals surface area contributed by atoms with Crippen molar-refractivity contribution >= 4 is 15.8 Å². The van der Waals surface area contributed by atoms with Gasteiger partial charge >= 0.3 is 0 Å². The third-order valence-electron chi connectivity index (χ3n) is 4.20. The van der Waals surface area contributed by atoms with Crippen LogP contribution in [0.15, 0.2) is 46.0 Å². The average molecular weight is 407 g/mol. The SMILES string of the molecule is CCNC(=NCc1coc(-c2ccccc2)n1)NCC(C)(C)CCS(C)(=O)=O. The predicted molar refractivity (Wildman–Crippen MR) is 113 cm³/mol. The Kier molecular flexibility index (Phi) is 7.62. The fourth-order valence-electron chi connectivity index (χ4n) is 2.47. The summed E-state index contributed by atoms with van der Waals surface area (Å²) in [5.74, 6) is 1.42. The lowest BCUT2D eigenvalue weighted by Crippen LogP contribution is -2.42. The summed E-state index contributed by atoms with van der Waals surface area (Å²) in [6.07, 6.45) is 3.47. The first-order valence-corrected chi connectivity index (χ1v) is 11.4. The highest BCUT2D eigenvalue weighted by atomic mass is 32.2. The number of benzene rings is 1. The van der Waals surface area contributed by atoms with Gasteiger partial charge in [0, 0.05) is 24.9 Å². The molecule has 0 radical (unpaired) electrons. The van der Waals surface area contributed by atoms with E-state index < -0.39 is 9.84 Å². The number of hydrogen-bond donors (Lipinski definition) is 2. The maximum absolute atomic E-state index is 11.4. The molecule has 1 heterocycles. The minimum absolute atomic E-state index is 0.173. The molecule has 0 atom stereocenters. The smallest absolute Gasteiger partial charge is 0.226 e. The van der Waals surface area contributed by atoms with Gasteiger partial charge < -0.3 is 15.1 Å². The van der Waals surface area contributed by atoms with Crippen molar-refractivity contribution in [1.29, 1.82) is 0 Å². The lowest BCUT2D eigenvalue weighted by Gasteiger charge is -2.25. The fraction of sp³-hybridized carbons (Fsp3) is 0.500. The molecule has 7 nitrogen and oxygen atoms in total. The highest BCUT2D eigenvalue weighted by molar-refractivity contribution is 7.90. The second-order valence-corrected chi connectivity index (χ2v) is 9.86. The van der Waals surface area contributed by atoms with Crippen LogP contribution in [0.2, 0.25) is 0 Å². The van der Waals surface area contributed by atoms with Crippen molar-refractivity contribution < 1.29 is 12.8 Å². The molecule has 1 aromatic carbocycles. The molecule has 0 aliphatic heterocycles. The van der Waals surface area contributed by atoms with E-state index in [-0.39, 0.29) is 11.2 Å². The predicted octanol–water partition coefficient (Wildman–Crippen LogP) is 2.86. The van der Waals surface area contributed by atoms with Gasteiger partial charge in [0.15, 0.2) is 5.96 Å². The first-order chi connectivity index (χ1) is 13.2. The Labute approximate surface area is 167 Å². The lowest BCUT2D eigenvalue weighted by atomic mass is 9.90. The summed E-state index contributed by atoms with van der Waals surface area (Å²) in [6, 6.07) is 9.72. The number of oxazole rings is 1. The average Bonchev–Trinajstić information content (AvgIpc) is 3.12. The Balaban J connectivity index is 1.96. The van der Waals surface area contributed by atoms with E-state index in [4.69, 9.17) is 4.42 Å². The summed E-state index contributed by atoms with van der Waals surface area (Å²) in [4.78, 5) is 9.04. The second kappa shape index (κ2) is 9.73. The normalized spacial score (nSPS) is 12.8. The monoisotopic (exact) mass is 406 g/mol. The van der Waals surface area contributed by atoms with Crippen LogP contribution in [0, 0.1) is 5.41 Å². The molecule has 2 N–H and O–H groups in total. The molecular formula is C20H30N4O3S. The molecule has 2 rings (SSSR count). The standard InChI is InChI=1S/C20H30N4O3S/c1-5-21-19(23-15-20(2,3)11-12-28(4,25)26)22-13-17-14-27-18(24-17)16-9-7-6-8-10-16/h6-10,14H,5,11-13,15H2,1-4H3,(H2,21,22,23). The van der Waals surface area contributed by atoms with Crippen LogP contribution in [0.1, 0.15) is 32.9 Å². The topological polar surface area (TPSA) is 96.6 Å². The van der Waals surface area contributed by atoms with Gasteiger partial charge in [-0.15, -0.1) is 0 Å². The number of aromatic nitrogens is 1. The summed E-state index contributed by atoms with van der Waals surface area (Å²) >= 11 is 0. The minimum atomic E-state index is -2.97. The highest BCUT2D eigenvalue weighted by Crippen LogP contribution is 2.20. The molecule has 0 bridgehead atoms. The van der Waals surface area contributed by atoms with E-state index in [1.807, 2.05) is 51.1 Å². The molecule has 154 valence electrons. The lowest BCUT2D eigenvalue weighted by molar-refractivity contribution is 0.348. The van der Waals surface area contributed by atoms with E-state index in [2.05, 4.69) is 20.6 Å². The number of nitrogens with one attached hydrogen (secondary N) is 2. The van der Waals surface area contributed by atoms with Crippen molar-refractivity contribution in [2.45, 2.75) is 33.7 Å². The van der Waals surface area contributed by atoms with Gasteiger partial charge in [0.1, 0.15) is 21.8 Å². The molecule has 1 aromatic heterocycles. The van der Waals surface area contributed by atoms with Gasteiger partial charge in [0.2, 0.25) is 5.89 Å². The number of hydrogen-bond acceptors (Lipinski definition) is 5. The van der Waals surface area contributed by atoms with Crippen LogP contribution in [-0.4, -0.2) is 44.5 Å². The first kappa shape index (κ1) is 21.9. The van der Waals surface area contributed by atoms with E-state index in [9.17, 15) is 8.42 Å². The highest BCUT2D eigenvalue weighted by Gasteiger charge is 2.20. The minimum Gasteiger partial charge on any atom is -0.444 e. The van der Waals surface area contributed by atoms with Crippen LogP contribution < -0.4 is 10.6 Å². The largest absolute Gasteiger partial charge is 0.444 e. The molecule has 0 aliphatic rings. The van der Waals surface area contributed by atoms with Crippen LogP contribution in [-0.2, 0) is 16.4 Å². The number of rotatable bonds is 9. The molecule has 2 aromatic rings. The van der Waals surface area contributed by atoms with Crippen molar-refractivity contribution in [3.63, 3.8) is 0 Å². The third-order valence-corrected chi connectivity index (χ3v) is 5.15. The second-order valence-electron chi connectivity index (χ2n) is 7.60. The van der Waals surface area contributed by atoms with Crippen molar-refractivity contribution in [1.82, 2.24) is 15.6 Å². The molecule has 0 amide bonds. The van der Waals surface area contributed by atoms with Crippen LogP contribution in [0.5, 0.6) is 0 Å². The summed E-state index contributed by atoms with van der Waals surface area (Å²) in [6.45, 7) is 7.80. The molecule has 0 unspecified atom stereocenters. The van der Waals surface area contributed by atoms with Crippen LogP contribution in [0.3, 0.4) is 0 Å². The quantitative estimate of drug-likeness (QED) is 0.491. The van der Waals surface area contributed by atoms with E-state index >= 15 is 0 Å². The van der Waals surface area contributed by atoms with E-state index in [0.717, 1.165) is 17.8 Å². The molecule has 0 saturated heterocycles. The van der Waals surface area contributed by atoms with Gasteiger partial charge in [-0.25, -0.2) is 18.4 Å². The summed E-state index contributed by atoms with van der Waals surface area (Å²) in [5, 5.41) is 6.49. The number of aliphatic imine (C=N–C) groups is 1. The van der Waals surface area contributed by atoms with Crippen molar-refractivity contribution in [2.75, 3.05) is 25.1 Å². The number of nitrogens with zero attached hydrogens (tertiary/aromatic N) is 2. The Morgan fingerprint density at radius 3 is 2.57 bits per heavy atom. The fourth-order valence-corrected chi connectivity index (χ4v) is 3.39. The molecule has 0 fully saturated rings. The number of guanidine groups is 1. The Morgan fingerprint density at radius 1 is 1.21 bits per heavy atom. The maximum atomic E-state index is 11.4. The molecule has 0 saturated carbocycles.